The molecule has 0 fully saturated rings. The summed E-state index contributed by atoms with van der Waals surface area (Å²) >= 11 is 0. The van der Waals surface area contributed by atoms with Crippen LogP contribution in [0.4, 0.5) is 17.1 Å². The van der Waals surface area contributed by atoms with Gasteiger partial charge in [0.1, 0.15) is 6.54 Å². The van der Waals surface area contributed by atoms with E-state index in [9.17, 15) is 14.4 Å². The second-order valence-corrected chi connectivity index (χ2v) is 8.83. The Morgan fingerprint density at radius 1 is 0.914 bits per heavy atom. The van der Waals surface area contributed by atoms with Crippen LogP contribution in [0.25, 0.3) is 0 Å². The molecule has 2 aliphatic rings. The van der Waals surface area contributed by atoms with Gasteiger partial charge in [-0.1, -0.05) is 48.0 Å². The maximum Gasteiger partial charge on any atom is 0.279 e. The highest BCUT2D eigenvalue weighted by molar-refractivity contribution is 6.23. The third-order valence-electron chi connectivity index (χ3n) is 6.85. The van der Waals surface area contributed by atoms with Crippen LogP contribution in [0.15, 0.2) is 72.8 Å². The van der Waals surface area contributed by atoms with Gasteiger partial charge in [0.25, 0.3) is 11.8 Å². The van der Waals surface area contributed by atoms with E-state index in [0.29, 0.717) is 41.3 Å². The van der Waals surface area contributed by atoms with Gasteiger partial charge in [-0.15, -0.1) is 0 Å². The summed E-state index contributed by atoms with van der Waals surface area (Å²) in [5.74, 6) is -0.773. The summed E-state index contributed by atoms with van der Waals surface area (Å²) in [5, 5.41) is 3.42. The lowest BCUT2D eigenvalue weighted by molar-refractivity contribution is -0.131. The number of amides is 3. The Morgan fingerprint density at radius 3 is 2.29 bits per heavy atom. The lowest BCUT2D eigenvalue weighted by Crippen LogP contribution is -2.63. The molecule has 2 heterocycles. The molecule has 1 spiro atoms. The molecule has 3 aromatic rings. The fraction of sp³-hybridized carbons (Fsp3) is 0.250. The fourth-order valence-corrected chi connectivity index (χ4v) is 5.05. The van der Waals surface area contributed by atoms with E-state index >= 15 is 0 Å². The zero-order valence-electron chi connectivity index (χ0n) is 20.1. The molecule has 0 bridgehead atoms. The van der Waals surface area contributed by atoms with Crippen molar-refractivity contribution in [2.75, 3.05) is 34.8 Å². The van der Waals surface area contributed by atoms with Gasteiger partial charge in [-0.3, -0.25) is 24.2 Å². The van der Waals surface area contributed by atoms with Crippen molar-refractivity contribution in [3.8, 4) is 0 Å². The Kier molecular flexibility index (Phi) is 5.55. The van der Waals surface area contributed by atoms with Crippen molar-refractivity contribution in [3.05, 3.63) is 89.5 Å². The van der Waals surface area contributed by atoms with E-state index in [4.69, 9.17) is 0 Å². The van der Waals surface area contributed by atoms with Gasteiger partial charge in [-0.25, -0.2) is 0 Å². The minimum Gasteiger partial charge on any atom is -0.350 e. The Morgan fingerprint density at radius 2 is 1.57 bits per heavy atom. The molecule has 3 amide bonds. The molecule has 1 atom stereocenters. The third kappa shape index (κ3) is 3.38. The van der Waals surface area contributed by atoms with Crippen molar-refractivity contribution in [1.82, 2.24) is 4.90 Å². The molecule has 0 saturated carbocycles. The maximum absolute atomic E-state index is 14.4. The number of nitrogens with zero attached hydrogens (tertiary/aromatic N) is 3. The molecule has 7 nitrogen and oxygen atoms in total. The van der Waals surface area contributed by atoms with Crippen LogP contribution in [0, 0.1) is 6.92 Å². The molecular formula is C28H28N4O3. The first-order valence-corrected chi connectivity index (χ1v) is 11.9. The zero-order valence-corrected chi connectivity index (χ0v) is 20.1. The third-order valence-corrected chi connectivity index (χ3v) is 6.85. The molecule has 0 unspecified atom stereocenters. The van der Waals surface area contributed by atoms with Crippen molar-refractivity contribution >= 4 is 34.8 Å². The smallest absolute Gasteiger partial charge is 0.279 e. The van der Waals surface area contributed by atoms with Crippen LogP contribution in [-0.2, 0) is 15.3 Å². The van der Waals surface area contributed by atoms with E-state index in [1.807, 2.05) is 81.4 Å². The number of hydrogen-bond donors (Lipinski definition) is 1. The Labute approximate surface area is 204 Å². The molecule has 0 saturated heterocycles. The van der Waals surface area contributed by atoms with Gasteiger partial charge in [-0.05, 0) is 51.1 Å². The number of aryl methyl sites for hydroxylation is 1. The van der Waals surface area contributed by atoms with Crippen molar-refractivity contribution in [1.29, 1.82) is 0 Å². The molecule has 35 heavy (non-hydrogen) atoms. The minimum atomic E-state index is -1.51. The lowest BCUT2D eigenvalue weighted by atomic mass is 9.92. The highest BCUT2D eigenvalue weighted by Crippen LogP contribution is 2.49. The van der Waals surface area contributed by atoms with Crippen molar-refractivity contribution < 1.29 is 14.4 Å². The van der Waals surface area contributed by atoms with Gasteiger partial charge in [-0.2, -0.15) is 0 Å². The standard InChI is InChI=1S/C28H28N4O3/c1-4-30(5-2)25(33)18-31-24-13-9-7-11-22(24)28(27(31)35)29-23-12-8-6-10-21(23)26(34)32(28)20-16-14-19(3)15-17-20/h6-17,29H,4-5,18H2,1-3H3/t28-/m0/s1. The Hall–Kier alpha value is -4.13. The zero-order chi connectivity index (χ0) is 24.7. The van der Waals surface area contributed by atoms with Gasteiger partial charge in [0.05, 0.1) is 11.3 Å². The van der Waals surface area contributed by atoms with Crippen LogP contribution >= 0.6 is 0 Å². The second-order valence-electron chi connectivity index (χ2n) is 8.83. The molecule has 0 aliphatic carbocycles. The molecule has 3 aromatic carbocycles. The first kappa shape index (κ1) is 22.7. The largest absolute Gasteiger partial charge is 0.350 e. The summed E-state index contributed by atoms with van der Waals surface area (Å²) in [6.45, 7) is 6.83. The lowest BCUT2D eigenvalue weighted by Gasteiger charge is -2.45. The molecule has 5 rings (SSSR count). The summed E-state index contributed by atoms with van der Waals surface area (Å²) in [6.07, 6.45) is 0. The molecule has 0 radical (unpaired) electrons. The Bertz CT molecular complexity index is 1320. The molecule has 178 valence electrons. The minimum absolute atomic E-state index is 0.0987. The monoisotopic (exact) mass is 468 g/mol. The number of hydrogen-bond acceptors (Lipinski definition) is 4. The summed E-state index contributed by atoms with van der Waals surface area (Å²) in [4.78, 5) is 46.2. The number of rotatable bonds is 5. The van der Waals surface area contributed by atoms with E-state index in [-0.39, 0.29) is 24.3 Å². The van der Waals surface area contributed by atoms with Gasteiger partial charge in [0, 0.05) is 30.0 Å². The summed E-state index contributed by atoms with van der Waals surface area (Å²) in [6, 6.07) is 22.1. The van der Waals surface area contributed by atoms with Gasteiger partial charge in [0.15, 0.2) is 0 Å². The first-order valence-electron chi connectivity index (χ1n) is 11.9. The molecule has 7 heteroatoms. The topological polar surface area (TPSA) is 73.0 Å². The molecule has 2 aliphatic heterocycles. The molecular weight excluding hydrogens is 440 g/mol. The highest BCUT2D eigenvalue weighted by atomic mass is 16.2. The number of fused-ring (bicyclic) bond motifs is 3. The maximum atomic E-state index is 14.4. The molecule has 0 aromatic heterocycles. The van der Waals surface area contributed by atoms with Crippen LogP contribution in [0.1, 0.15) is 35.3 Å². The number of para-hydroxylation sites is 2. The van der Waals surface area contributed by atoms with Crippen LogP contribution in [-0.4, -0.2) is 42.3 Å². The number of nitrogens with one attached hydrogen (secondary N) is 1. The SMILES string of the molecule is CCN(CC)C(=O)CN1C(=O)[C@]2(Nc3ccccc3C(=O)N2c2ccc(C)cc2)c2ccccc21. The number of likely N-dealkylation sites (N-methyl/N-ethyl adjacent to an activating group) is 1. The van der Waals surface area contributed by atoms with E-state index in [1.165, 1.54) is 9.80 Å². The fourth-order valence-electron chi connectivity index (χ4n) is 5.05. The number of carbonyl (C=O) groups is 3. The average Bonchev–Trinajstić information content (AvgIpc) is 3.09. The highest BCUT2D eigenvalue weighted by Gasteiger charge is 2.60. The van der Waals surface area contributed by atoms with Gasteiger partial charge >= 0.3 is 0 Å². The van der Waals surface area contributed by atoms with E-state index in [1.54, 1.807) is 17.0 Å². The van der Waals surface area contributed by atoms with Crippen LogP contribution < -0.4 is 15.1 Å². The molecule has 1 N–H and O–H groups in total. The van der Waals surface area contributed by atoms with E-state index in [0.717, 1.165) is 5.56 Å². The van der Waals surface area contributed by atoms with Gasteiger partial charge < -0.3 is 10.2 Å². The average molecular weight is 469 g/mol. The predicted octanol–water partition coefficient (Wildman–Crippen LogP) is 4.14. The normalized spacial score (nSPS) is 18.4. The van der Waals surface area contributed by atoms with Crippen LogP contribution in [0.2, 0.25) is 0 Å². The second kappa shape index (κ2) is 8.58. The predicted molar refractivity (Wildman–Crippen MR) is 136 cm³/mol. The van der Waals surface area contributed by atoms with E-state index < -0.39 is 5.66 Å². The van der Waals surface area contributed by atoms with Gasteiger partial charge in [0.2, 0.25) is 11.6 Å². The quantitative estimate of drug-likeness (QED) is 0.611. The Balaban J connectivity index is 1.71. The first-order chi connectivity index (χ1) is 16.9. The van der Waals surface area contributed by atoms with Crippen molar-refractivity contribution in [3.63, 3.8) is 0 Å². The van der Waals surface area contributed by atoms with Crippen LogP contribution in [0.5, 0.6) is 0 Å². The number of carbonyl (C=O) groups excluding carboxylic acids is 3. The van der Waals surface area contributed by atoms with Crippen molar-refractivity contribution in [2.45, 2.75) is 26.4 Å². The number of anilines is 3. The van der Waals surface area contributed by atoms with Crippen LogP contribution in [0.3, 0.4) is 0 Å². The number of benzene rings is 3. The summed E-state index contributed by atoms with van der Waals surface area (Å²) in [7, 11) is 0. The summed E-state index contributed by atoms with van der Waals surface area (Å²) in [5.41, 5.74) is 2.46. The van der Waals surface area contributed by atoms with E-state index in [2.05, 4.69) is 5.32 Å². The summed E-state index contributed by atoms with van der Waals surface area (Å²) < 4.78 is 0. The van der Waals surface area contributed by atoms with Crippen molar-refractivity contribution in [2.24, 2.45) is 0 Å².